The molecule has 0 amide bonds. The Morgan fingerprint density at radius 3 is 2.68 bits per heavy atom. The highest BCUT2D eigenvalue weighted by molar-refractivity contribution is 6.30. The molecule has 0 spiro atoms. The summed E-state index contributed by atoms with van der Waals surface area (Å²) < 4.78 is 19.1. The van der Waals surface area contributed by atoms with Crippen molar-refractivity contribution >= 4 is 11.6 Å². The van der Waals surface area contributed by atoms with E-state index < -0.39 is 6.04 Å². The Balaban J connectivity index is 2.23. The van der Waals surface area contributed by atoms with Gasteiger partial charge in [-0.1, -0.05) is 35.9 Å². The van der Waals surface area contributed by atoms with E-state index in [0.717, 1.165) is 11.3 Å². The minimum Gasteiger partial charge on any atom is -0.496 e. The van der Waals surface area contributed by atoms with Crippen LogP contribution in [0, 0.1) is 5.82 Å². The fraction of sp³-hybridized carbons (Fsp3) is 0.200. The van der Waals surface area contributed by atoms with Crippen LogP contribution in [-0.2, 0) is 6.42 Å². The van der Waals surface area contributed by atoms with E-state index in [4.69, 9.17) is 22.1 Å². The molecule has 4 heteroatoms. The quantitative estimate of drug-likeness (QED) is 0.925. The summed E-state index contributed by atoms with van der Waals surface area (Å²) in [5.74, 6) is 0.377. The van der Waals surface area contributed by atoms with Gasteiger partial charge in [0, 0.05) is 16.6 Å². The van der Waals surface area contributed by atoms with Crippen molar-refractivity contribution in [2.24, 2.45) is 5.73 Å². The number of hydrogen-bond donors (Lipinski definition) is 1. The van der Waals surface area contributed by atoms with Crippen molar-refractivity contribution in [3.05, 3.63) is 64.4 Å². The first-order valence-corrected chi connectivity index (χ1v) is 6.32. The van der Waals surface area contributed by atoms with Crippen LogP contribution in [0.2, 0.25) is 5.02 Å². The molecule has 0 bridgehead atoms. The van der Waals surface area contributed by atoms with E-state index in [9.17, 15) is 4.39 Å². The second-order valence-electron chi connectivity index (χ2n) is 4.29. The zero-order valence-corrected chi connectivity index (χ0v) is 11.3. The fourth-order valence-corrected chi connectivity index (χ4v) is 2.18. The molecule has 2 aromatic carbocycles. The third-order valence-electron chi connectivity index (χ3n) is 2.99. The van der Waals surface area contributed by atoms with Gasteiger partial charge in [-0.05, 0) is 30.2 Å². The lowest BCUT2D eigenvalue weighted by molar-refractivity contribution is 0.408. The van der Waals surface area contributed by atoms with Gasteiger partial charge in [-0.15, -0.1) is 0 Å². The van der Waals surface area contributed by atoms with Crippen molar-refractivity contribution in [2.45, 2.75) is 12.5 Å². The summed E-state index contributed by atoms with van der Waals surface area (Å²) >= 11 is 5.73. The molecule has 0 aromatic heterocycles. The molecule has 0 aliphatic carbocycles. The Morgan fingerprint density at radius 2 is 2.00 bits per heavy atom. The number of benzene rings is 2. The molecule has 0 aliphatic rings. The molecule has 100 valence electrons. The smallest absolute Gasteiger partial charge is 0.129 e. The number of hydrogen-bond acceptors (Lipinski definition) is 2. The fourth-order valence-electron chi connectivity index (χ4n) is 2.02. The Kier molecular flexibility index (Phi) is 4.40. The molecular formula is C15H15ClFNO. The minimum absolute atomic E-state index is 0.366. The topological polar surface area (TPSA) is 35.2 Å². The molecule has 0 saturated heterocycles. The highest BCUT2D eigenvalue weighted by Crippen LogP contribution is 2.26. The minimum atomic E-state index is -0.437. The Morgan fingerprint density at radius 1 is 1.26 bits per heavy atom. The van der Waals surface area contributed by atoms with E-state index in [-0.39, 0.29) is 5.82 Å². The van der Waals surface area contributed by atoms with Gasteiger partial charge >= 0.3 is 0 Å². The van der Waals surface area contributed by atoms with E-state index in [2.05, 4.69) is 0 Å². The monoisotopic (exact) mass is 279 g/mol. The number of halogens is 2. The SMILES string of the molecule is COc1ccccc1CC(N)c1ccc(Cl)cc1F. The molecule has 2 rings (SSSR count). The number of ether oxygens (including phenoxy) is 1. The second-order valence-corrected chi connectivity index (χ2v) is 4.72. The predicted molar refractivity (Wildman–Crippen MR) is 75.0 cm³/mol. The van der Waals surface area contributed by atoms with Crippen LogP contribution in [0.1, 0.15) is 17.2 Å². The maximum Gasteiger partial charge on any atom is 0.129 e. The lowest BCUT2D eigenvalue weighted by Crippen LogP contribution is -2.15. The van der Waals surface area contributed by atoms with Gasteiger partial charge in [0.05, 0.1) is 7.11 Å². The number of methoxy groups -OCH3 is 1. The first-order valence-electron chi connectivity index (χ1n) is 5.94. The normalized spacial score (nSPS) is 12.2. The zero-order valence-electron chi connectivity index (χ0n) is 10.6. The van der Waals surface area contributed by atoms with E-state index >= 15 is 0 Å². The molecule has 19 heavy (non-hydrogen) atoms. The first kappa shape index (κ1) is 13.8. The summed E-state index contributed by atoms with van der Waals surface area (Å²) in [6, 6.07) is 11.7. The first-order chi connectivity index (χ1) is 9.11. The van der Waals surface area contributed by atoms with Gasteiger partial charge in [0.15, 0.2) is 0 Å². The summed E-state index contributed by atoms with van der Waals surface area (Å²) in [7, 11) is 1.60. The number of nitrogens with two attached hydrogens (primary N) is 1. The summed E-state index contributed by atoms with van der Waals surface area (Å²) in [4.78, 5) is 0. The largest absolute Gasteiger partial charge is 0.496 e. The lowest BCUT2D eigenvalue weighted by Gasteiger charge is -2.15. The van der Waals surface area contributed by atoms with Gasteiger partial charge in [-0.3, -0.25) is 0 Å². The van der Waals surface area contributed by atoms with Crippen molar-refractivity contribution < 1.29 is 9.13 Å². The summed E-state index contributed by atoms with van der Waals surface area (Å²) in [5.41, 5.74) is 7.47. The van der Waals surface area contributed by atoms with Gasteiger partial charge in [-0.25, -0.2) is 4.39 Å². The highest BCUT2D eigenvalue weighted by atomic mass is 35.5. The standard InChI is InChI=1S/C15H15ClFNO/c1-19-15-5-3-2-4-10(15)8-14(18)12-7-6-11(16)9-13(12)17/h2-7,9,14H,8,18H2,1H3. The maximum absolute atomic E-state index is 13.8. The van der Waals surface area contributed by atoms with Gasteiger partial charge in [0.2, 0.25) is 0 Å². The third-order valence-corrected chi connectivity index (χ3v) is 3.23. The van der Waals surface area contributed by atoms with Crippen molar-refractivity contribution in [2.75, 3.05) is 7.11 Å². The lowest BCUT2D eigenvalue weighted by atomic mass is 9.98. The van der Waals surface area contributed by atoms with Crippen molar-refractivity contribution in [1.82, 2.24) is 0 Å². The average Bonchev–Trinajstić information content (AvgIpc) is 2.39. The van der Waals surface area contributed by atoms with Gasteiger partial charge in [0.1, 0.15) is 11.6 Å². The maximum atomic E-state index is 13.8. The van der Waals surface area contributed by atoms with Crippen LogP contribution >= 0.6 is 11.6 Å². The van der Waals surface area contributed by atoms with Gasteiger partial charge in [-0.2, -0.15) is 0 Å². The van der Waals surface area contributed by atoms with E-state index in [1.165, 1.54) is 6.07 Å². The van der Waals surface area contributed by atoms with E-state index in [1.54, 1.807) is 19.2 Å². The molecule has 0 aliphatic heterocycles. The Hall–Kier alpha value is -1.58. The third kappa shape index (κ3) is 3.25. The van der Waals surface area contributed by atoms with Crippen LogP contribution in [0.3, 0.4) is 0 Å². The molecule has 0 radical (unpaired) electrons. The number of rotatable bonds is 4. The van der Waals surface area contributed by atoms with Gasteiger partial charge < -0.3 is 10.5 Å². The molecule has 2 aromatic rings. The highest BCUT2D eigenvalue weighted by Gasteiger charge is 2.14. The van der Waals surface area contributed by atoms with Crippen LogP contribution in [0.25, 0.3) is 0 Å². The molecule has 0 saturated carbocycles. The van der Waals surface area contributed by atoms with E-state index in [0.29, 0.717) is 17.0 Å². The van der Waals surface area contributed by atoms with Crippen molar-refractivity contribution in [1.29, 1.82) is 0 Å². The van der Waals surface area contributed by atoms with Gasteiger partial charge in [0.25, 0.3) is 0 Å². The zero-order chi connectivity index (χ0) is 13.8. The second kappa shape index (κ2) is 6.04. The molecule has 2 N–H and O–H groups in total. The van der Waals surface area contributed by atoms with Crippen LogP contribution in [0.4, 0.5) is 4.39 Å². The molecular weight excluding hydrogens is 265 g/mol. The summed E-state index contributed by atoms with van der Waals surface area (Å²) in [5, 5.41) is 0.366. The Labute approximate surface area is 117 Å². The molecule has 1 atom stereocenters. The molecule has 1 unspecified atom stereocenters. The van der Waals surface area contributed by atoms with Crippen LogP contribution in [-0.4, -0.2) is 7.11 Å². The molecule has 0 fully saturated rings. The predicted octanol–water partition coefficient (Wildman–Crippen LogP) is 3.73. The van der Waals surface area contributed by atoms with Crippen LogP contribution < -0.4 is 10.5 Å². The van der Waals surface area contributed by atoms with Crippen LogP contribution in [0.15, 0.2) is 42.5 Å². The molecule has 0 heterocycles. The van der Waals surface area contributed by atoms with Crippen molar-refractivity contribution in [3.63, 3.8) is 0 Å². The summed E-state index contributed by atoms with van der Waals surface area (Å²) in [6.45, 7) is 0. The van der Waals surface area contributed by atoms with Crippen LogP contribution in [0.5, 0.6) is 5.75 Å². The Bertz CT molecular complexity index is 574. The van der Waals surface area contributed by atoms with Crippen molar-refractivity contribution in [3.8, 4) is 5.75 Å². The average molecular weight is 280 g/mol. The molecule has 2 nitrogen and oxygen atoms in total. The summed E-state index contributed by atoms with van der Waals surface area (Å²) in [6.07, 6.45) is 0.503. The number of para-hydroxylation sites is 1. The van der Waals surface area contributed by atoms with E-state index in [1.807, 2.05) is 24.3 Å².